The highest BCUT2D eigenvalue weighted by Gasteiger charge is 2.39. The van der Waals surface area contributed by atoms with Gasteiger partial charge in [-0.05, 0) is 37.5 Å². The van der Waals surface area contributed by atoms with Gasteiger partial charge in [-0.3, -0.25) is 0 Å². The number of rotatable bonds is 3. The summed E-state index contributed by atoms with van der Waals surface area (Å²) in [4.78, 5) is 0. The zero-order valence-corrected chi connectivity index (χ0v) is 14.4. The van der Waals surface area contributed by atoms with E-state index in [1.165, 1.54) is 25.7 Å². The zero-order chi connectivity index (χ0) is 16.7. The summed E-state index contributed by atoms with van der Waals surface area (Å²) in [6.07, 6.45) is 9.66. The topological polar surface area (TPSA) is 18.5 Å². The molecule has 1 saturated carbocycles. The standard InChI is InChI=1S/C20H26F2O2/c1-2-4-12-6-8-13(9-7-12)16-11-15-14-5-3-10-23-19(14)17(21)18(22)20(15)24-16/h12-13,16H,2-11H2,1H3. The second-order valence-corrected chi connectivity index (χ2v) is 7.63. The van der Waals surface area contributed by atoms with Gasteiger partial charge in [0.05, 0.1) is 6.61 Å². The molecule has 2 heterocycles. The molecule has 0 N–H and O–H groups in total. The molecule has 4 rings (SSSR count). The lowest BCUT2D eigenvalue weighted by Crippen LogP contribution is -2.29. The Morgan fingerprint density at radius 3 is 2.50 bits per heavy atom. The van der Waals surface area contributed by atoms with Gasteiger partial charge in [-0.15, -0.1) is 0 Å². The highest BCUT2D eigenvalue weighted by Crippen LogP contribution is 2.46. The second kappa shape index (κ2) is 6.53. The lowest BCUT2D eigenvalue weighted by atomic mass is 9.77. The molecule has 2 aliphatic heterocycles. The summed E-state index contributed by atoms with van der Waals surface area (Å²) in [7, 11) is 0. The Morgan fingerprint density at radius 2 is 1.75 bits per heavy atom. The van der Waals surface area contributed by atoms with Crippen molar-refractivity contribution in [1.29, 1.82) is 0 Å². The van der Waals surface area contributed by atoms with Gasteiger partial charge in [-0.1, -0.05) is 32.6 Å². The van der Waals surface area contributed by atoms with Gasteiger partial charge in [-0.2, -0.15) is 8.78 Å². The molecule has 0 saturated heterocycles. The van der Waals surface area contributed by atoms with Crippen molar-refractivity contribution < 1.29 is 18.3 Å². The largest absolute Gasteiger partial charge is 0.490 e. The number of hydrogen-bond donors (Lipinski definition) is 0. The molecule has 1 aliphatic carbocycles. The van der Waals surface area contributed by atoms with Crippen LogP contribution in [0.4, 0.5) is 8.78 Å². The van der Waals surface area contributed by atoms with E-state index in [2.05, 4.69) is 6.92 Å². The first-order chi connectivity index (χ1) is 11.7. The van der Waals surface area contributed by atoms with Crippen molar-refractivity contribution in [3.8, 4) is 11.5 Å². The summed E-state index contributed by atoms with van der Waals surface area (Å²) in [5.41, 5.74) is 1.71. The Morgan fingerprint density at radius 1 is 1.00 bits per heavy atom. The quantitative estimate of drug-likeness (QED) is 0.755. The Hall–Kier alpha value is -1.32. The van der Waals surface area contributed by atoms with Crippen LogP contribution in [0.25, 0.3) is 0 Å². The van der Waals surface area contributed by atoms with Crippen molar-refractivity contribution in [3.63, 3.8) is 0 Å². The molecule has 24 heavy (non-hydrogen) atoms. The molecule has 1 aromatic carbocycles. The minimum atomic E-state index is -0.865. The van der Waals surface area contributed by atoms with Gasteiger partial charge >= 0.3 is 0 Å². The predicted octanol–water partition coefficient (Wildman–Crippen LogP) is 5.20. The number of benzene rings is 1. The summed E-state index contributed by atoms with van der Waals surface area (Å²) in [6, 6.07) is 0. The van der Waals surface area contributed by atoms with E-state index < -0.39 is 11.6 Å². The third-order valence-electron chi connectivity index (χ3n) is 6.11. The summed E-state index contributed by atoms with van der Waals surface area (Å²) in [5.74, 6) is -0.118. The average Bonchev–Trinajstić information content (AvgIpc) is 3.06. The van der Waals surface area contributed by atoms with Crippen LogP contribution in [0.15, 0.2) is 0 Å². The Bertz CT molecular complexity index is 621. The first-order valence-corrected chi connectivity index (χ1v) is 9.51. The van der Waals surface area contributed by atoms with E-state index in [0.717, 1.165) is 42.7 Å². The van der Waals surface area contributed by atoms with E-state index in [0.29, 0.717) is 18.9 Å². The van der Waals surface area contributed by atoms with Crippen molar-refractivity contribution in [3.05, 3.63) is 22.8 Å². The van der Waals surface area contributed by atoms with Crippen LogP contribution in [-0.4, -0.2) is 12.7 Å². The van der Waals surface area contributed by atoms with Gasteiger partial charge in [0.2, 0.25) is 11.6 Å². The normalized spacial score (nSPS) is 28.7. The van der Waals surface area contributed by atoms with Crippen LogP contribution in [0.1, 0.15) is 63.0 Å². The fourth-order valence-corrected chi connectivity index (χ4v) is 4.83. The number of fused-ring (bicyclic) bond motifs is 3. The maximum atomic E-state index is 14.4. The second-order valence-electron chi connectivity index (χ2n) is 7.63. The molecule has 0 bridgehead atoms. The molecule has 0 amide bonds. The van der Waals surface area contributed by atoms with Crippen molar-refractivity contribution >= 4 is 0 Å². The predicted molar refractivity (Wildman–Crippen MR) is 88.7 cm³/mol. The van der Waals surface area contributed by atoms with Gasteiger partial charge < -0.3 is 9.47 Å². The molecule has 0 spiro atoms. The molecule has 0 aromatic heterocycles. The highest BCUT2D eigenvalue weighted by atomic mass is 19.2. The molecule has 1 atom stereocenters. The van der Waals surface area contributed by atoms with Crippen LogP contribution < -0.4 is 9.47 Å². The molecule has 0 radical (unpaired) electrons. The van der Waals surface area contributed by atoms with Crippen LogP contribution in [0.3, 0.4) is 0 Å². The van der Waals surface area contributed by atoms with Crippen LogP contribution in [0, 0.1) is 23.5 Å². The van der Waals surface area contributed by atoms with Crippen molar-refractivity contribution in [2.45, 2.75) is 70.8 Å². The molecule has 1 unspecified atom stereocenters. The van der Waals surface area contributed by atoms with Gasteiger partial charge in [-0.25, -0.2) is 0 Å². The SMILES string of the molecule is CCCC1CCC(C2Cc3c4c(c(F)c(F)c3O2)OCCC4)CC1. The van der Waals surface area contributed by atoms with Gasteiger partial charge in [0, 0.05) is 17.5 Å². The maximum Gasteiger partial charge on any atom is 0.204 e. The van der Waals surface area contributed by atoms with Crippen molar-refractivity contribution in [1.82, 2.24) is 0 Å². The zero-order valence-electron chi connectivity index (χ0n) is 14.4. The van der Waals surface area contributed by atoms with E-state index in [4.69, 9.17) is 9.47 Å². The van der Waals surface area contributed by atoms with Crippen molar-refractivity contribution in [2.24, 2.45) is 11.8 Å². The minimum Gasteiger partial charge on any atom is -0.490 e. The van der Waals surface area contributed by atoms with E-state index in [9.17, 15) is 8.78 Å². The monoisotopic (exact) mass is 336 g/mol. The number of ether oxygens (including phenoxy) is 2. The van der Waals surface area contributed by atoms with E-state index in [1.807, 2.05) is 0 Å². The van der Waals surface area contributed by atoms with Crippen LogP contribution in [-0.2, 0) is 12.8 Å². The fourth-order valence-electron chi connectivity index (χ4n) is 4.83. The molecular weight excluding hydrogens is 310 g/mol. The molecular formula is C20H26F2O2. The van der Waals surface area contributed by atoms with E-state index >= 15 is 0 Å². The molecule has 1 aromatic rings. The molecule has 132 valence electrons. The molecule has 2 nitrogen and oxygen atoms in total. The Kier molecular flexibility index (Phi) is 4.40. The molecule has 1 fully saturated rings. The average molecular weight is 336 g/mol. The van der Waals surface area contributed by atoms with Crippen molar-refractivity contribution in [2.75, 3.05) is 6.61 Å². The summed E-state index contributed by atoms with van der Waals surface area (Å²) in [6.45, 7) is 2.71. The van der Waals surface area contributed by atoms with Gasteiger partial charge in [0.25, 0.3) is 0 Å². The van der Waals surface area contributed by atoms with Gasteiger partial charge in [0.1, 0.15) is 6.10 Å². The molecule has 4 heteroatoms. The Labute approximate surface area is 142 Å². The van der Waals surface area contributed by atoms with Crippen LogP contribution >= 0.6 is 0 Å². The summed E-state index contributed by atoms with van der Waals surface area (Å²) >= 11 is 0. The van der Waals surface area contributed by atoms with E-state index in [-0.39, 0.29) is 17.6 Å². The third-order valence-corrected chi connectivity index (χ3v) is 6.11. The van der Waals surface area contributed by atoms with E-state index in [1.54, 1.807) is 0 Å². The van der Waals surface area contributed by atoms with Crippen LogP contribution in [0.5, 0.6) is 11.5 Å². The summed E-state index contributed by atoms with van der Waals surface area (Å²) in [5, 5.41) is 0. The highest BCUT2D eigenvalue weighted by molar-refractivity contribution is 5.53. The third kappa shape index (κ3) is 2.68. The maximum absolute atomic E-state index is 14.4. The lowest BCUT2D eigenvalue weighted by Gasteiger charge is -2.31. The number of halogens is 2. The Balaban J connectivity index is 1.53. The first kappa shape index (κ1) is 16.2. The van der Waals surface area contributed by atoms with Crippen LogP contribution in [0.2, 0.25) is 0 Å². The fraction of sp³-hybridized carbons (Fsp3) is 0.700. The molecule has 3 aliphatic rings. The van der Waals surface area contributed by atoms with Gasteiger partial charge in [0.15, 0.2) is 11.5 Å². The first-order valence-electron chi connectivity index (χ1n) is 9.51. The lowest BCUT2D eigenvalue weighted by molar-refractivity contribution is 0.108. The number of hydrogen-bond acceptors (Lipinski definition) is 2. The minimum absolute atomic E-state index is 0.00454. The smallest absolute Gasteiger partial charge is 0.204 e. The summed E-state index contributed by atoms with van der Waals surface area (Å²) < 4.78 is 40.0.